The van der Waals surface area contributed by atoms with Crippen LogP contribution in [0.4, 0.5) is 0 Å². The Morgan fingerprint density at radius 2 is 2.00 bits per heavy atom. The van der Waals surface area contributed by atoms with Crippen molar-refractivity contribution in [3.8, 4) is 0 Å². The van der Waals surface area contributed by atoms with E-state index in [1.54, 1.807) is 0 Å². The van der Waals surface area contributed by atoms with E-state index in [1.807, 2.05) is 7.05 Å². The number of likely N-dealkylation sites (N-methyl/N-ethyl adjacent to an activating group) is 1. The standard InChI is InChI=1S/C16H27NO/c1-5-9-18-10-8-16(17-4)12-15-11-13(2)6-7-14(15)3/h6-7,11,16-17H,5,8-10,12H2,1-4H3. The number of hydrogen-bond donors (Lipinski definition) is 1. The van der Waals surface area contributed by atoms with Crippen molar-refractivity contribution in [1.82, 2.24) is 5.32 Å². The van der Waals surface area contributed by atoms with Gasteiger partial charge in [-0.05, 0) is 51.3 Å². The van der Waals surface area contributed by atoms with Crippen LogP contribution in [0.15, 0.2) is 18.2 Å². The number of nitrogens with one attached hydrogen (secondary N) is 1. The molecule has 1 rings (SSSR count). The fourth-order valence-corrected chi connectivity index (χ4v) is 2.11. The summed E-state index contributed by atoms with van der Waals surface area (Å²) in [5.74, 6) is 0. The predicted molar refractivity (Wildman–Crippen MR) is 78.2 cm³/mol. The predicted octanol–water partition coefficient (Wildman–Crippen LogP) is 3.25. The van der Waals surface area contributed by atoms with Crippen LogP contribution in [-0.4, -0.2) is 26.3 Å². The highest BCUT2D eigenvalue weighted by Gasteiger charge is 2.09. The Bertz CT molecular complexity index is 349. The molecule has 1 aromatic carbocycles. The number of ether oxygens (including phenoxy) is 1. The number of hydrogen-bond acceptors (Lipinski definition) is 2. The minimum Gasteiger partial charge on any atom is -0.381 e. The van der Waals surface area contributed by atoms with Gasteiger partial charge in [-0.1, -0.05) is 30.7 Å². The molecule has 1 N–H and O–H groups in total. The van der Waals surface area contributed by atoms with Gasteiger partial charge < -0.3 is 10.1 Å². The van der Waals surface area contributed by atoms with Crippen LogP contribution in [0.25, 0.3) is 0 Å². The second-order valence-corrected chi connectivity index (χ2v) is 5.02. The van der Waals surface area contributed by atoms with E-state index in [-0.39, 0.29) is 0 Å². The molecule has 0 heterocycles. The van der Waals surface area contributed by atoms with Crippen molar-refractivity contribution in [2.24, 2.45) is 0 Å². The molecule has 0 aliphatic heterocycles. The van der Waals surface area contributed by atoms with E-state index < -0.39 is 0 Å². The highest BCUT2D eigenvalue weighted by Crippen LogP contribution is 2.14. The van der Waals surface area contributed by atoms with Crippen molar-refractivity contribution in [3.05, 3.63) is 34.9 Å². The minimum atomic E-state index is 0.502. The van der Waals surface area contributed by atoms with Crippen molar-refractivity contribution in [3.63, 3.8) is 0 Å². The van der Waals surface area contributed by atoms with E-state index in [0.29, 0.717) is 6.04 Å². The van der Waals surface area contributed by atoms with E-state index in [9.17, 15) is 0 Å². The zero-order chi connectivity index (χ0) is 13.4. The summed E-state index contributed by atoms with van der Waals surface area (Å²) in [7, 11) is 2.04. The third kappa shape index (κ3) is 5.19. The third-order valence-electron chi connectivity index (χ3n) is 3.34. The van der Waals surface area contributed by atoms with Crippen LogP contribution >= 0.6 is 0 Å². The fourth-order valence-electron chi connectivity index (χ4n) is 2.11. The average Bonchev–Trinajstić information content (AvgIpc) is 2.37. The second-order valence-electron chi connectivity index (χ2n) is 5.02. The Morgan fingerprint density at radius 3 is 2.67 bits per heavy atom. The second kappa shape index (κ2) is 8.28. The zero-order valence-corrected chi connectivity index (χ0v) is 12.3. The summed E-state index contributed by atoms with van der Waals surface area (Å²) in [5, 5.41) is 3.39. The van der Waals surface area contributed by atoms with Crippen molar-refractivity contribution in [2.75, 3.05) is 20.3 Å². The van der Waals surface area contributed by atoms with Gasteiger partial charge in [-0.25, -0.2) is 0 Å². The maximum absolute atomic E-state index is 5.57. The minimum absolute atomic E-state index is 0.502. The average molecular weight is 249 g/mol. The molecule has 0 fully saturated rings. The number of benzene rings is 1. The van der Waals surface area contributed by atoms with E-state index in [2.05, 4.69) is 44.3 Å². The first-order chi connectivity index (χ1) is 8.67. The van der Waals surface area contributed by atoms with Crippen LogP contribution in [0.1, 0.15) is 36.5 Å². The molecule has 0 spiro atoms. The summed E-state index contributed by atoms with van der Waals surface area (Å²) in [4.78, 5) is 0. The summed E-state index contributed by atoms with van der Waals surface area (Å²) in [6.45, 7) is 8.21. The highest BCUT2D eigenvalue weighted by molar-refractivity contribution is 5.31. The lowest BCUT2D eigenvalue weighted by Gasteiger charge is -2.18. The zero-order valence-electron chi connectivity index (χ0n) is 12.3. The van der Waals surface area contributed by atoms with Crippen LogP contribution in [-0.2, 0) is 11.2 Å². The molecule has 1 unspecified atom stereocenters. The quantitative estimate of drug-likeness (QED) is 0.714. The maximum atomic E-state index is 5.57. The smallest absolute Gasteiger partial charge is 0.0480 e. The van der Waals surface area contributed by atoms with Gasteiger partial charge in [-0.2, -0.15) is 0 Å². The first-order valence-corrected chi connectivity index (χ1v) is 6.98. The van der Waals surface area contributed by atoms with E-state index >= 15 is 0 Å². The molecule has 2 nitrogen and oxygen atoms in total. The van der Waals surface area contributed by atoms with Crippen LogP contribution in [0.2, 0.25) is 0 Å². The van der Waals surface area contributed by atoms with Crippen LogP contribution < -0.4 is 5.32 Å². The van der Waals surface area contributed by atoms with Gasteiger partial charge in [0.1, 0.15) is 0 Å². The Labute approximate surface area is 112 Å². The SMILES string of the molecule is CCCOCCC(Cc1cc(C)ccc1C)NC. The van der Waals surface area contributed by atoms with E-state index in [1.165, 1.54) is 16.7 Å². The Morgan fingerprint density at radius 1 is 1.22 bits per heavy atom. The van der Waals surface area contributed by atoms with E-state index in [0.717, 1.165) is 32.5 Å². The molecule has 0 saturated carbocycles. The topological polar surface area (TPSA) is 21.3 Å². The van der Waals surface area contributed by atoms with Gasteiger partial charge in [0.25, 0.3) is 0 Å². The van der Waals surface area contributed by atoms with Crippen LogP contribution in [0.5, 0.6) is 0 Å². The first-order valence-electron chi connectivity index (χ1n) is 6.98. The van der Waals surface area contributed by atoms with Gasteiger partial charge in [0.15, 0.2) is 0 Å². The van der Waals surface area contributed by atoms with Crippen molar-refractivity contribution in [1.29, 1.82) is 0 Å². The van der Waals surface area contributed by atoms with Gasteiger partial charge in [-0.3, -0.25) is 0 Å². The largest absolute Gasteiger partial charge is 0.381 e. The van der Waals surface area contributed by atoms with Crippen LogP contribution in [0.3, 0.4) is 0 Å². The molecule has 1 aromatic rings. The van der Waals surface area contributed by atoms with Crippen molar-refractivity contribution < 1.29 is 4.74 Å². The molecule has 0 aromatic heterocycles. The lowest BCUT2D eigenvalue weighted by molar-refractivity contribution is 0.125. The molecule has 0 saturated heterocycles. The van der Waals surface area contributed by atoms with Crippen LogP contribution in [0, 0.1) is 13.8 Å². The Hall–Kier alpha value is -0.860. The molecule has 102 valence electrons. The molecule has 18 heavy (non-hydrogen) atoms. The molecule has 0 aliphatic carbocycles. The molecule has 0 aliphatic rings. The van der Waals surface area contributed by atoms with E-state index in [4.69, 9.17) is 4.74 Å². The highest BCUT2D eigenvalue weighted by atomic mass is 16.5. The van der Waals surface area contributed by atoms with Crippen molar-refractivity contribution in [2.45, 2.75) is 46.1 Å². The molecular weight excluding hydrogens is 222 g/mol. The summed E-state index contributed by atoms with van der Waals surface area (Å²) >= 11 is 0. The van der Waals surface area contributed by atoms with Gasteiger partial charge in [-0.15, -0.1) is 0 Å². The Balaban J connectivity index is 2.48. The molecule has 0 bridgehead atoms. The van der Waals surface area contributed by atoms with Crippen molar-refractivity contribution >= 4 is 0 Å². The molecule has 2 heteroatoms. The first kappa shape index (κ1) is 15.2. The van der Waals surface area contributed by atoms with Gasteiger partial charge >= 0.3 is 0 Å². The molecule has 1 atom stereocenters. The lowest BCUT2D eigenvalue weighted by atomic mass is 9.98. The van der Waals surface area contributed by atoms with Gasteiger partial charge in [0, 0.05) is 19.3 Å². The summed E-state index contributed by atoms with van der Waals surface area (Å²) in [6.07, 6.45) is 3.25. The summed E-state index contributed by atoms with van der Waals surface area (Å²) in [6, 6.07) is 7.19. The summed E-state index contributed by atoms with van der Waals surface area (Å²) in [5.41, 5.74) is 4.17. The normalized spacial score (nSPS) is 12.7. The number of rotatable bonds is 8. The summed E-state index contributed by atoms with van der Waals surface area (Å²) < 4.78 is 5.57. The van der Waals surface area contributed by atoms with Gasteiger partial charge in [0.2, 0.25) is 0 Å². The third-order valence-corrected chi connectivity index (χ3v) is 3.34. The molecule has 0 amide bonds. The fraction of sp³-hybridized carbons (Fsp3) is 0.625. The Kier molecular flexibility index (Phi) is 6.99. The monoisotopic (exact) mass is 249 g/mol. The molecule has 0 radical (unpaired) electrons. The van der Waals surface area contributed by atoms with Gasteiger partial charge in [0.05, 0.1) is 0 Å². The maximum Gasteiger partial charge on any atom is 0.0480 e. The lowest BCUT2D eigenvalue weighted by Crippen LogP contribution is -2.29. The number of aryl methyl sites for hydroxylation is 2. The molecular formula is C16H27NO.